The molecule has 4 heteroatoms. The van der Waals surface area contributed by atoms with E-state index in [1.165, 1.54) is 12.1 Å². The standard InChI is InChI=1S/C15H19FN2O/c1-15(2,3)17-9-8-10-4-6-12(16)14-11(10)5-7-13(19)18-14/h4-7,17H,8-9H2,1-3H3,(H,18,19). The van der Waals surface area contributed by atoms with Crippen molar-refractivity contribution in [2.75, 3.05) is 6.54 Å². The Morgan fingerprint density at radius 3 is 2.63 bits per heavy atom. The smallest absolute Gasteiger partial charge is 0.248 e. The average Bonchev–Trinajstić information content (AvgIpc) is 2.31. The summed E-state index contributed by atoms with van der Waals surface area (Å²) in [6.07, 6.45) is 0.792. The average molecular weight is 262 g/mol. The van der Waals surface area contributed by atoms with E-state index in [-0.39, 0.29) is 16.9 Å². The second-order valence-corrected chi connectivity index (χ2v) is 5.74. The molecule has 0 aliphatic carbocycles. The van der Waals surface area contributed by atoms with E-state index in [2.05, 4.69) is 31.1 Å². The molecule has 0 unspecified atom stereocenters. The fourth-order valence-electron chi connectivity index (χ4n) is 2.07. The molecule has 0 aliphatic rings. The third kappa shape index (κ3) is 3.41. The Bertz CT molecular complexity index is 641. The Morgan fingerprint density at radius 1 is 1.21 bits per heavy atom. The quantitative estimate of drug-likeness (QED) is 0.893. The van der Waals surface area contributed by atoms with Gasteiger partial charge in [0.2, 0.25) is 5.56 Å². The number of aromatic amines is 1. The molecule has 0 saturated heterocycles. The third-order valence-corrected chi connectivity index (χ3v) is 2.98. The van der Waals surface area contributed by atoms with E-state index in [1.54, 1.807) is 12.1 Å². The number of fused-ring (bicyclic) bond motifs is 1. The number of H-pyrrole nitrogens is 1. The van der Waals surface area contributed by atoms with Gasteiger partial charge in [0, 0.05) is 17.0 Å². The number of benzene rings is 1. The van der Waals surface area contributed by atoms with Crippen LogP contribution in [0.5, 0.6) is 0 Å². The van der Waals surface area contributed by atoms with Crippen LogP contribution >= 0.6 is 0 Å². The molecule has 2 rings (SSSR count). The van der Waals surface area contributed by atoms with E-state index in [0.717, 1.165) is 23.9 Å². The van der Waals surface area contributed by atoms with Gasteiger partial charge in [-0.3, -0.25) is 4.79 Å². The minimum Gasteiger partial charge on any atom is -0.319 e. The van der Waals surface area contributed by atoms with Gasteiger partial charge in [0.15, 0.2) is 0 Å². The summed E-state index contributed by atoms with van der Waals surface area (Å²) in [6.45, 7) is 7.12. The van der Waals surface area contributed by atoms with Crippen LogP contribution in [0.15, 0.2) is 29.1 Å². The first-order valence-corrected chi connectivity index (χ1v) is 6.42. The molecule has 0 radical (unpaired) electrons. The lowest BCUT2D eigenvalue weighted by Crippen LogP contribution is -2.37. The molecule has 1 aromatic carbocycles. The lowest BCUT2D eigenvalue weighted by atomic mass is 10.0. The maximum Gasteiger partial charge on any atom is 0.248 e. The van der Waals surface area contributed by atoms with Crippen molar-refractivity contribution in [1.82, 2.24) is 10.3 Å². The molecular formula is C15H19FN2O. The summed E-state index contributed by atoms with van der Waals surface area (Å²) in [5.41, 5.74) is 1.10. The van der Waals surface area contributed by atoms with Crippen LogP contribution in [0.3, 0.4) is 0 Å². The molecule has 0 aliphatic heterocycles. The minimum atomic E-state index is -0.389. The zero-order valence-corrected chi connectivity index (χ0v) is 11.5. The predicted octanol–water partition coefficient (Wildman–Crippen LogP) is 2.60. The highest BCUT2D eigenvalue weighted by Gasteiger charge is 2.10. The Labute approximate surface area is 111 Å². The van der Waals surface area contributed by atoms with E-state index in [4.69, 9.17) is 0 Å². The van der Waals surface area contributed by atoms with Crippen molar-refractivity contribution < 1.29 is 4.39 Å². The second-order valence-electron chi connectivity index (χ2n) is 5.74. The molecule has 0 atom stereocenters. The topological polar surface area (TPSA) is 44.9 Å². The molecule has 2 N–H and O–H groups in total. The van der Waals surface area contributed by atoms with Crippen molar-refractivity contribution in [2.24, 2.45) is 0 Å². The van der Waals surface area contributed by atoms with Crippen LogP contribution in [0.4, 0.5) is 4.39 Å². The maximum absolute atomic E-state index is 13.7. The van der Waals surface area contributed by atoms with Crippen molar-refractivity contribution in [3.8, 4) is 0 Å². The van der Waals surface area contributed by atoms with E-state index in [1.807, 2.05) is 0 Å². The molecule has 0 amide bonds. The molecule has 2 aromatic rings. The highest BCUT2D eigenvalue weighted by Crippen LogP contribution is 2.19. The van der Waals surface area contributed by atoms with Gasteiger partial charge in [-0.15, -0.1) is 0 Å². The fraction of sp³-hybridized carbons (Fsp3) is 0.400. The van der Waals surface area contributed by atoms with Gasteiger partial charge < -0.3 is 10.3 Å². The van der Waals surface area contributed by atoms with Crippen LogP contribution in [0.25, 0.3) is 10.9 Å². The molecule has 0 saturated carbocycles. The van der Waals surface area contributed by atoms with Gasteiger partial charge >= 0.3 is 0 Å². The van der Waals surface area contributed by atoms with Crippen LogP contribution in [0.1, 0.15) is 26.3 Å². The number of pyridine rings is 1. The van der Waals surface area contributed by atoms with E-state index in [0.29, 0.717) is 5.52 Å². The van der Waals surface area contributed by atoms with Crippen LogP contribution in [0.2, 0.25) is 0 Å². The summed E-state index contributed by atoms with van der Waals surface area (Å²) in [4.78, 5) is 13.8. The van der Waals surface area contributed by atoms with Crippen molar-refractivity contribution in [3.05, 3.63) is 46.0 Å². The Balaban J connectivity index is 2.29. The number of hydrogen-bond acceptors (Lipinski definition) is 2. The largest absolute Gasteiger partial charge is 0.319 e. The number of aromatic nitrogens is 1. The number of rotatable bonds is 3. The lowest BCUT2D eigenvalue weighted by Gasteiger charge is -2.20. The first kappa shape index (κ1) is 13.7. The fourth-order valence-corrected chi connectivity index (χ4v) is 2.07. The summed E-state index contributed by atoms with van der Waals surface area (Å²) >= 11 is 0. The highest BCUT2D eigenvalue weighted by atomic mass is 19.1. The van der Waals surface area contributed by atoms with Crippen molar-refractivity contribution >= 4 is 10.9 Å². The van der Waals surface area contributed by atoms with Crippen LogP contribution in [-0.4, -0.2) is 17.1 Å². The molecule has 19 heavy (non-hydrogen) atoms. The first-order valence-electron chi connectivity index (χ1n) is 6.42. The monoisotopic (exact) mass is 262 g/mol. The predicted molar refractivity (Wildman–Crippen MR) is 76.0 cm³/mol. The Kier molecular flexibility index (Phi) is 3.71. The molecule has 1 heterocycles. The molecule has 3 nitrogen and oxygen atoms in total. The second kappa shape index (κ2) is 5.13. The lowest BCUT2D eigenvalue weighted by molar-refractivity contribution is 0.430. The normalized spacial score (nSPS) is 12.0. The van der Waals surface area contributed by atoms with Crippen molar-refractivity contribution in [1.29, 1.82) is 0 Å². The number of halogens is 1. The zero-order valence-electron chi connectivity index (χ0n) is 11.5. The van der Waals surface area contributed by atoms with Gasteiger partial charge in [0.25, 0.3) is 0 Å². The van der Waals surface area contributed by atoms with Crippen molar-refractivity contribution in [3.63, 3.8) is 0 Å². The van der Waals surface area contributed by atoms with E-state index >= 15 is 0 Å². The van der Waals surface area contributed by atoms with Gasteiger partial charge in [0.1, 0.15) is 5.82 Å². The Morgan fingerprint density at radius 2 is 1.95 bits per heavy atom. The van der Waals surface area contributed by atoms with E-state index in [9.17, 15) is 9.18 Å². The van der Waals surface area contributed by atoms with Gasteiger partial charge in [-0.25, -0.2) is 4.39 Å². The van der Waals surface area contributed by atoms with Crippen LogP contribution in [-0.2, 0) is 6.42 Å². The zero-order chi connectivity index (χ0) is 14.0. The Hall–Kier alpha value is -1.68. The van der Waals surface area contributed by atoms with E-state index < -0.39 is 0 Å². The molecule has 102 valence electrons. The molecule has 0 fully saturated rings. The highest BCUT2D eigenvalue weighted by molar-refractivity contribution is 5.82. The number of nitrogens with one attached hydrogen (secondary N) is 2. The van der Waals surface area contributed by atoms with Gasteiger partial charge in [-0.1, -0.05) is 6.07 Å². The molecule has 0 spiro atoms. The van der Waals surface area contributed by atoms with Gasteiger partial charge in [-0.05, 0) is 51.4 Å². The first-order chi connectivity index (χ1) is 8.87. The van der Waals surface area contributed by atoms with Gasteiger partial charge in [-0.2, -0.15) is 0 Å². The van der Waals surface area contributed by atoms with Crippen LogP contribution in [0, 0.1) is 5.82 Å². The summed E-state index contributed by atoms with van der Waals surface area (Å²) in [5, 5.41) is 4.17. The maximum atomic E-state index is 13.7. The van der Waals surface area contributed by atoms with Crippen LogP contribution < -0.4 is 10.9 Å². The number of hydrogen-bond donors (Lipinski definition) is 2. The summed E-state index contributed by atoms with van der Waals surface area (Å²) < 4.78 is 13.7. The van der Waals surface area contributed by atoms with Gasteiger partial charge in [0.05, 0.1) is 5.52 Å². The minimum absolute atomic E-state index is 0.0597. The SMILES string of the molecule is CC(C)(C)NCCc1ccc(F)c2[nH]c(=O)ccc12. The summed E-state index contributed by atoms with van der Waals surface area (Å²) in [6, 6.07) is 6.30. The molecule has 1 aromatic heterocycles. The summed E-state index contributed by atoms with van der Waals surface area (Å²) in [7, 11) is 0. The third-order valence-electron chi connectivity index (χ3n) is 2.98. The van der Waals surface area contributed by atoms with Crippen molar-refractivity contribution in [2.45, 2.75) is 32.7 Å². The molecular weight excluding hydrogens is 243 g/mol. The molecule has 0 bridgehead atoms. The summed E-state index contributed by atoms with van der Waals surface area (Å²) in [5.74, 6) is -0.389.